The van der Waals surface area contributed by atoms with Crippen molar-refractivity contribution >= 4 is 22.8 Å². The van der Waals surface area contributed by atoms with E-state index in [0.29, 0.717) is 37.0 Å². The highest BCUT2D eigenvalue weighted by Gasteiger charge is 2.40. The number of alkyl halides is 1. The highest BCUT2D eigenvalue weighted by molar-refractivity contribution is 5.93. The number of fused-ring (bicyclic) bond motifs is 1. The quantitative estimate of drug-likeness (QED) is 0.485. The molecule has 4 heterocycles. The maximum absolute atomic E-state index is 15.6. The molecule has 4 atom stereocenters. The molecular weight excluding hydrogens is 487 g/mol. The minimum atomic E-state index is -1.18. The molecule has 3 aliphatic rings. The summed E-state index contributed by atoms with van der Waals surface area (Å²) in [5.74, 6) is 0.511. The second kappa shape index (κ2) is 9.49. The van der Waals surface area contributed by atoms with Gasteiger partial charge in [-0.3, -0.25) is 9.89 Å². The molecule has 1 amide bonds. The number of hydrogen-bond acceptors (Lipinski definition) is 8. The van der Waals surface area contributed by atoms with Crippen LogP contribution >= 0.6 is 0 Å². The van der Waals surface area contributed by atoms with E-state index in [1.165, 1.54) is 0 Å². The number of rotatable bonds is 7. The maximum atomic E-state index is 15.6. The van der Waals surface area contributed by atoms with Crippen molar-refractivity contribution in [2.24, 2.45) is 17.8 Å². The number of H-pyrrole nitrogens is 1. The molecule has 1 aliphatic heterocycles. The number of nitrogens with one attached hydrogen (secondary N) is 2. The molecule has 0 aromatic carbocycles. The van der Waals surface area contributed by atoms with E-state index in [1.807, 2.05) is 24.0 Å². The van der Waals surface area contributed by atoms with Gasteiger partial charge in [0.2, 0.25) is 0 Å². The molecule has 3 aromatic rings. The predicted molar refractivity (Wildman–Crippen MR) is 137 cm³/mol. The van der Waals surface area contributed by atoms with Crippen LogP contribution in [-0.4, -0.2) is 62.5 Å². The SMILES string of the molecule is CC1CC(C)(NC(=O)c2cc(N3CCC(c4[nH]nc5ncccc45)C(F)C3)nc(OC[C@H]3C[C@H]3C#N)n2)C1. The molecule has 2 N–H and O–H groups in total. The van der Waals surface area contributed by atoms with E-state index in [4.69, 9.17) is 10.00 Å². The van der Waals surface area contributed by atoms with Gasteiger partial charge in [-0.2, -0.15) is 20.3 Å². The number of halogens is 1. The Morgan fingerprint density at radius 2 is 2.24 bits per heavy atom. The second-order valence-corrected chi connectivity index (χ2v) is 11.3. The van der Waals surface area contributed by atoms with E-state index in [2.05, 4.69) is 43.5 Å². The fourth-order valence-corrected chi connectivity index (χ4v) is 6.04. The number of piperidine rings is 1. The van der Waals surface area contributed by atoms with E-state index in [1.54, 1.807) is 12.3 Å². The molecule has 2 saturated carbocycles. The van der Waals surface area contributed by atoms with Crippen molar-refractivity contribution in [2.75, 3.05) is 24.6 Å². The molecule has 0 bridgehead atoms. The topological polar surface area (TPSA) is 133 Å². The van der Waals surface area contributed by atoms with Crippen LogP contribution in [0.25, 0.3) is 11.0 Å². The molecule has 0 radical (unpaired) electrons. The van der Waals surface area contributed by atoms with Crippen molar-refractivity contribution < 1.29 is 13.9 Å². The van der Waals surface area contributed by atoms with Gasteiger partial charge in [-0.25, -0.2) is 9.37 Å². The summed E-state index contributed by atoms with van der Waals surface area (Å²) < 4.78 is 21.4. The van der Waals surface area contributed by atoms with Gasteiger partial charge in [0.1, 0.15) is 17.7 Å². The summed E-state index contributed by atoms with van der Waals surface area (Å²) in [6.45, 7) is 5.16. The summed E-state index contributed by atoms with van der Waals surface area (Å²) >= 11 is 0. The minimum Gasteiger partial charge on any atom is -0.463 e. The third-order valence-corrected chi connectivity index (χ3v) is 8.05. The largest absolute Gasteiger partial charge is 0.463 e. The fraction of sp³-hybridized carbons (Fsp3) is 0.556. The number of anilines is 1. The number of pyridine rings is 1. The summed E-state index contributed by atoms with van der Waals surface area (Å²) in [4.78, 5) is 28.2. The van der Waals surface area contributed by atoms with E-state index >= 15 is 4.39 Å². The molecule has 38 heavy (non-hydrogen) atoms. The number of aromatic nitrogens is 5. The molecule has 1 saturated heterocycles. The molecule has 3 aromatic heterocycles. The Labute approximate surface area is 220 Å². The third kappa shape index (κ3) is 4.75. The standard InChI is InChI=1S/C27H31FN8O2/c1-15-10-27(2,11-15)33-25(37)21-9-22(32-26(31-21)38-14-17-8-16(17)12-29)36-7-5-18(20(28)13-36)23-19-4-3-6-30-24(19)35-34-23/h3-4,6,9,15-18,20H,5,7-8,10-11,13-14H2,1-2H3,(H,33,37)(H,30,34,35)/t15?,16-,17+,18?,20?,27?/m0/s1. The zero-order chi connectivity index (χ0) is 26.4. The van der Waals surface area contributed by atoms with E-state index < -0.39 is 6.17 Å². The molecular formula is C27H31FN8O2. The summed E-state index contributed by atoms with van der Waals surface area (Å²) in [7, 11) is 0. The number of amides is 1. The van der Waals surface area contributed by atoms with Crippen LogP contribution in [0.4, 0.5) is 10.2 Å². The summed E-state index contributed by atoms with van der Waals surface area (Å²) in [6, 6.07) is 7.66. The Hall–Kier alpha value is -3.81. The number of nitriles is 1. The number of ether oxygens (including phenoxy) is 1. The smallest absolute Gasteiger partial charge is 0.319 e. The van der Waals surface area contributed by atoms with Crippen molar-refractivity contribution in [3.05, 3.63) is 35.8 Å². The molecule has 10 nitrogen and oxygen atoms in total. The van der Waals surface area contributed by atoms with Crippen LogP contribution in [0.5, 0.6) is 6.01 Å². The molecule has 11 heteroatoms. The van der Waals surface area contributed by atoms with Gasteiger partial charge < -0.3 is 15.0 Å². The first kappa shape index (κ1) is 24.5. The highest BCUT2D eigenvalue weighted by atomic mass is 19.1. The monoisotopic (exact) mass is 518 g/mol. The lowest BCUT2D eigenvalue weighted by Crippen LogP contribution is -2.54. The number of carbonyl (C=O) groups excluding carboxylic acids is 1. The summed E-state index contributed by atoms with van der Waals surface area (Å²) in [5, 5.41) is 20.2. The van der Waals surface area contributed by atoms with Crippen molar-refractivity contribution in [2.45, 2.75) is 57.2 Å². The van der Waals surface area contributed by atoms with Crippen LogP contribution in [-0.2, 0) is 0 Å². The molecule has 2 unspecified atom stereocenters. The first-order valence-corrected chi connectivity index (χ1v) is 13.2. The average Bonchev–Trinajstić information content (AvgIpc) is 3.54. The van der Waals surface area contributed by atoms with Crippen LogP contribution in [0.1, 0.15) is 61.6 Å². The lowest BCUT2D eigenvalue weighted by atomic mass is 9.70. The Kier molecular flexibility index (Phi) is 6.13. The number of aromatic amines is 1. The van der Waals surface area contributed by atoms with Crippen molar-refractivity contribution in [1.82, 2.24) is 30.5 Å². The van der Waals surface area contributed by atoms with Gasteiger partial charge in [-0.1, -0.05) is 6.92 Å². The van der Waals surface area contributed by atoms with Gasteiger partial charge >= 0.3 is 6.01 Å². The number of hydrogen-bond donors (Lipinski definition) is 2. The predicted octanol–water partition coefficient (Wildman–Crippen LogP) is 3.54. The maximum Gasteiger partial charge on any atom is 0.319 e. The van der Waals surface area contributed by atoms with Gasteiger partial charge in [-0.15, -0.1) is 0 Å². The first-order valence-electron chi connectivity index (χ1n) is 13.2. The minimum absolute atomic E-state index is 0.0124. The van der Waals surface area contributed by atoms with E-state index in [0.717, 1.165) is 30.3 Å². The highest BCUT2D eigenvalue weighted by Crippen LogP contribution is 2.39. The van der Waals surface area contributed by atoms with Crippen LogP contribution in [0.2, 0.25) is 0 Å². The first-order chi connectivity index (χ1) is 18.3. The molecule has 3 fully saturated rings. The zero-order valence-corrected chi connectivity index (χ0v) is 21.5. The Balaban J connectivity index is 1.21. The summed E-state index contributed by atoms with van der Waals surface area (Å²) in [6.07, 6.45) is 3.63. The Bertz CT molecular complexity index is 1400. The molecule has 6 rings (SSSR count). The average molecular weight is 519 g/mol. The van der Waals surface area contributed by atoms with Gasteiger partial charge in [0.15, 0.2) is 5.65 Å². The third-order valence-electron chi connectivity index (χ3n) is 8.05. The van der Waals surface area contributed by atoms with Gasteiger partial charge in [-0.05, 0) is 50.7 Å². The van der Waals surface area contributed by atoms with E-state index in [-0.39, 0.29) is 47.4 Å². The second-order valence-electron chi connectivity index (χ2n) is 11.3. The normalized spacial score (nSPS) is 30.4. The molecule has 198 valence electrons. The van der Waals surface area contributed by atoms with Crippen LogP contribution in [0.15, 0.2) is 24.4 Å². The van der Waals surface area contributed by atoms with Gasteiger partial charge in [0, 0.05) is 41.6 Å². The Morgan fingerprint density at radius 1 is 1.39 bits per heavy atom. The van der Waals surface area contributed by atoms with Crippen molar-refractivity contribution in [1.29, 1.82) is 5.26 Å². The summed E-state index contributed by atoms with van der Waals surface area (Å²) in [5.41, 5.74) is 1.27. The van der Waals surface area contributed by atoms with Crippen molar-refractivity contribution in [3.63, 3.8) is 0 Å². The van der Waals surface area contributed by atoms with Crippen LogP contribution in [0.3, 0.4) is 0 Å². The number of carbonyl (C=O) groups is 1. The molecule has 2 aliphatic carbocycles. The zero-order valence-electron chi connectivity index (χ0n) is 21.5. The Morgan fingerprint density at radius 3 is 2.97 bits per heavy atom. The molecule has 0 spiro atoms. The van der Waals surface area contributed by atoms with Gasteiger partial charge in [0.25, 0.3) is 5.91 Å². The van der Waals surface area contributed by atoms with Crippen LogP contribution in [0, 0.1) is 29.1 Å². The van der Waals surface area contributed by atoms with Crippen molar-refractivity contribution in [3.8, 4) is 12.1 Å². The lowest BCUT2D eigenvalue weighted by molar-refractivity contribution is 0.0765. The van der Waals surface area contributed by atoms with Crippen LogP contribution < -0.4 is 15.0 Å². The fourth-order valence-electron chi connectivity index (χ4n) is 6.04. The lowest BCUT2D eigenvalue weighted by Gasteiger charge is -2.44. The van der Waals surface area contributed by atoms with Gasteiger partial charge in [0.05, 0.1) is 30.8 Å². The number of nitrogens with zero attached hydrogens (tertiary/aromatic N) is 6. The van der Waals surface area contributed by atoms with E-state index in [9.17, 15) is 4.79 Å².